The lowest BCUT2D eigenvalue weighted by atomic mass is 9.98. The Balaban J connectivity index is 1.13. The molecule has 234 valence electrons. The van der Waals surface area contributed by atoms with E-state index in [1.807, 2.05) is 23.6 Å². The maximum atomic E-state index is 5.25. The van der Waals surface area contributed by atoms with Crippen LogP contribution in [0.1, 0.15) is 0 Å². The summed E-state index contributed by atoms with van der Waals surface area (Å²) >= 11 is 1.86. The van der Waals surface area contributed by atoms with Gasteiger partial charge in [0.2, 0.25) is 5.95 Å². The van der Waals surface area contributed by atoms with Crippen LogP contribution in [0.2, 0.25) is 0 Å². The second-order valence-corrected chi connectivity index (χ2v) is 13.7. The van der Waals surface area contributed by atoms with Gasteiger partial charge in [-0.15, -0.1) is 11.3 Å². The fourth-order valence-electron chi connectivity index (χ4n) is 7.27. The molecule has 10 rings (SSSR count). The number of hydrogen-bond donors (Lipinski definition) is 0. The van der Waals surface area contributed by atoms with Gasteiger partial charge >= 0.3 is 0 Å². The number of hydrogen-bond acceptors (Lipinski definition) is 3. The van der Waals surface area contributed by atoms with E-state index in [4.69, 9.17) is 9.97 Å². The van der Waals surface area contributed by atoms with Gasteiger partial charge in [0.15, 0.2) is 0 Å². The molecule has 3 nitrogen and oxygen atoms in total. The Kier molecular flexibility index (Phi) is 6.68. The molecule has 0 bridgehead atoms. The van der Waals surface area contributed by atoms with E-state index in [0.717, 1.165) is 33.4 Å². The van der Waals surface area contributed by atoms with Gasteiger partial charge in [-0.2, -0.15) is 0 Å². The number of fused-ring (bicyclic) bond motifs is 7. The van der Waals surface area contributed by atoms with Crippen LogP contribution in [0.5, 0.6) is 0 Å². The summed E-state index contributed by atoms with van der Waals surface area (Å²) in [5.74, 6) is 0.658. The minimum atomic E-state index is 0.658. The van der Waals surface area contributed by atoms with Crippen LogP contribution < -0.4 is 0 Å². The Bertz CT molecular complexity index is 2850. The quantitative estimate of drug-likeness (QED) is 0.185. The average molecular weight is 656 g/mol. The highest BCUT2D eigenvalue weighted by atomic mass is 32.1. The minimum Gasteiger partial charge on any atom is -0.278 e. The molecule has 0 fully saturated rings. The molecule has 0 aliphatic carbocycles. The molecule has 4 heteroatoms. The molecule has 0 amide bonds. The van der Waals surface area contributed by atoms with Gasteiger partial charge in [0.1, 0.15) is 0 Å². The molecule has 7 aromatic carbocycles. The van der Waals surface area contributed by atoms with Gasteiger partial charge in [-0.05, 0) is 63.7 Å². The fraction of sp³-hybridized carbons (Fsp3) is 0. The number of rotatable bonds is 5. The summed E-state index contributed by atoms with van der Waals surface area (Å²) in [6.45, 7) is 0. The zero-order valence-electron chi connectivity index (χ0n) is 27.0. The highest BCUT2D eigenvalue weighted by Gasteiger charge is 2.20. The number of nitrogens with zero attached hydrogens (tertiary/aromatic N) is 3. The third kappa shape index (κ3) is 4.73. The van der Waals surface area contributed by atoms with Gasteiger partial charge in [0, 0.05) is 42.7 Å². The second-order valence-electron chi connectivity index (χ2n) is 12.6. The highest BCUT2D eigenvalue weighted by Crippen LogP contribution is 2.44. The summed E-state index contributed by atoms with van der Waals surface area (Å²) in [5, 5.41) is 5.02. The van der Waals surface area contributed by atoms with Gasteiger partial charge in [-0.3, -0.25) is 4.57 Å². The van der Waals surface area contributed by atoms with Crippen LogP contribution in [0, 0.1) is 0 Å². The molecular weight excluding hydrogens is 627 g/mol. The lowest BCUT2D eigenvalue weighted by molar-refractivity contribution is 0.992. The highest BCUT2D eigenvalue weighted by molar-refractivity contribution is 7.26. The summed E-state index contributed by atoms with van der Waals surface area (Å²) in [6.07, 6.45) is 1.88. The first-order valence-electron chi connectivity index (χ1n) is 16.8. The van der Waals surface area contributed by atoms with Gasteiger partial charge < -0.3 is 0 Å². The lowest BCUT2D eigenvalue weighted by Crippen LogP contribution is -2.01. The predicted molar refractivity (Wildman–Crippen MR) is 211 cm³/mol. The largest absolute Gasteiger partial charge is 0.278 e. The minimum absolute atomic E-state index is 0.658. The smallest absolute Gasteiger partial charge is 0.235 e. The molecule has 3 heterocycles. The van der Waals surface area contributed by atoms with E-state index in [0.29, 0.717) is 5.95 Å². The summed E-state index contributed by atoms with van der Waals surface area (Å²) in [5.41, 5.74) is 11.2. The Hall–Kier alpha value is -6.36. The number of aromatic nitrogens is 3. The third-order valence-corrected chi connectivity index (χ3v) is 10.9. The van der Waals surface area contributed by atoms with E-state index in [1.54, 1.807) is 0 Å². The van der Waals surface area contributed by atoms with Crippen molar-refractivity contribution >= 4 is 53.3 Å². The van der Waals surface area contributed by atoms with Crippen molar-refractivity contribution in [3.05, 3.63) is 176 Å². The molecule has 50 heavy (non-hydrogen) atoms. The zero-order chi connectivity index (χ0) is 33.0. The van der Waals surface area contributed by atoms with Crippen LogP contribution in [0.3, 0.4) is 0 Å². The second kappa shape index (κ2) is 11.7. The number of benzene rings is 7. The summed E-state index contributed by atoms with van der Waals surface area (Å²) in [7, 11) is 0. The van der Waals surface area contributed by atoms with Crippen molar-refractivity contribution in [3.63, 3.8) is 0 Å². The van der Waals surface area contributed by atoms with E-state index >= 15 is 0 Å². The molecule has 0 saturated heterocycles. The molecule has 3 aromatic heterocycles. The van der Waals surface area contributed by atoms with Crippen molar-refractivity contribution in [3.8, 4) is 50.6 Å². The fourth-order valence-corrected chi connectivity index (χ4v) is 8.53. The maximum absolute atomic E-state index is 5.25. The topological polar surface area (TPSA) is 30.7 Å². The van der Waals surface area contributed by atoms with E-state index < -0.39 is 0 Å². The van der Waals surface area contributed by atoms with Crippen molar-refractivity contribution in [2.75, 3.05) is 0 Å². The normalized spacial score (nSPS) is 11.6. The van der Waals surface area contributed by atoms with E-state index in [2.05, 4.69) is 168 Å². The van der Waals surface area contributed by atoms with Crippen molar-refractivity contribution in [1.82, 2.24) is 14.5 Å². The molecule has 0 unspecified atom stereocenters. The Labute approximate surface area is 293 Å². The summed E-state index contributed by atoms with van der Waals surface area (Å²) in [4.78, 5) is 10.2. The summed E-state index contributed by atoms with van der Waals surface area (Å²) < 4.78 is 4.84. The van der Waals surface area contributed by atoms with Crippen LogP contribution >= 0.6 is 11.3 Å². The molecule has 10 aromatic rings. The van der Waals surface area contributed by atoms with Gasteiger partial charge in [0.05, 0.1) is 16.7 Å². The molecule has 0 spiro atoms. The van der Waals surface area contributed by atoms with E-state index in [1.165, 1.54) is 53.2 Å². The molecule has 0 radical (unpaired) electrons. The van der Waals surface area contributed by atoms with E-state index in [9.17, 15) is 0 Å². The Morgan fingerprint density at radius 1 is 0.420 bits per heavy atom. The first-order valence-corrected chi connectivity index (χ1v) is 17.6. The van der Waals surface area contributed by atoms with E-state index in [-0.39, 0.29) is 0 Å². The molecule has 0 aliphatic heterocycles. The van der Waals surface area contributed by atoms with Crippen LogP contribution in [0.25, 0.3) is 92.6 Å². The van der Waals surface area contributed by atoms with Crippen LogP contribution in [0.4, 0.5) is 0 Å². The van der Waals surface area contributed by atoms with Crippen molar-refractivity contribution in [1.29, 1.82) is 0 Å². The lowest BCUT2D eigenvalue weighted by Gasteiger charge is -2.10. The monoisotopic (exact) mass is 655 g/mol. The third-order valence-electron chi connectivity index (χ3n) is 9.71. The average Bonchev–Trinajstić information content (AvgIpc) is 3.74. The predicted octanol–water partition coefficient (Wildman–Crippen LogP) is 12.6. The van der Waals surface area contributed by atoms with Crippen molar-refractivity contribution in [2.45, 2.75) is 0 Å². The zero-order valence-corrected chi connectivity index (χ0v) is 27.8. The standard InChI is InChI=1S/C46H29N3S/c1-3-10-30(11-4-1)32-18-20-33(21-19-32)34-14-9-15-36(28-34)40-26-27-47-46(48-40)49-41-25-24-38-37-16-7-8-17-43(37)50-45(38)44(41)39-23-22-35(29-42(39)49)31-12-5-2-6-13-31/h1-29H. The first-order chi connectivity index (χ1) is 24.8. The molecule has 0 N–H and O–H groups in total. The van der Waals surface area contributed by atoms with Gasteiger partial charge in [0.25, 0.3) is 0 Å². The van der Waals surface area contributed by atoms with Crippen LogP contribution in [-0.2, 0) is 0 Å². The van der Waals surface area contributed by atoms with Crippen molar-refractivity contribution in [2.24, 2.45) is 0 Å². The Morgan fingerprint density at radius 2 is 1.02 bits per heavy atom. The van der Waals surface area contributed by atoms with Crippen molar-refractivity contribution < 1.29 is 0 Å². The first kappa shape index (κ1) is 28.6. The van der Waals surface area contributed by atoms with Crippen LogP contribution in [-0.4, -0.2) is 14.5 Å². The Morgan fingerprint density at radius 3 is 1.82 bits per heavy atom. The molecule has 0 aliphatic rings. The molecule has 0 atom stereocenters. The van der Waals surface area contributed by atoms with Crippen LogP contribution in [0.15, 0.2) is 176 Å². The summed E-state index contributed by atoms with van der Waals surface area (Å²) in [6, 6.07) is 60.5. The maximum Gasteiger partial charge on any atom is 0.235 e. The van der Waals surface area contributed by atoms with Gasteiger partial charge in [-0.1, -0.05) is 140 Å². The molecule has 0 saturated carbocycles. The SMILES string of the molecule is c1ccc(-c2ccc(-c3cccc(-c4ccnc(-n5c6cc(-c7ccccc7)ccc6c6c7sc8ccccc8c7ccc65)n4)c3)cc2)cc1. The number of thiophene rings is 1. The van der Waals surface area contributed by atoms with Gasteiger partial charge in [-0.25, -0.2) is 9.97 Å². The molecular formula is C46H29N3S.